The van der Waals surface area contributed by atoms with Crippen LogP contribution in [0.4, 0.5) is 0 Å². The first-order chi connectivity index (χ1) is 17.9. The number of hydrogen-bond donors (Lipinski definition) is 1. The minimum Gasteiger partial charge on any atom is -0.361 e. The Morgan fingerprint density at radius 2 is 1.95 bits per heavy atom. The third-order valence-corrected chi connectivity index (χ3v) is 8.88. The van der Waals surface area contributed by atoms with Gasteiger partial charge < -0.3 is 19.2 Å². The van der Waals surface area contributed by atoms with Gasteiger partial charge in [0.1, 0.15) is 23.9 Å². The summed E-state index contributed by atoms with van der Waals surface area (Å²) in [5, 5.41) is 3.42. The van der Waals surface area contributed by atoms with E-state index >= 15 is 0 Å². The minimum atomic E-state index is -1.15. The smallest absolute Gasteiger partial charge is 0.161 e. The van der Waals surface area contributed by atoms with Crippen molar-refractivity contribution in [3.05, 3.63) is 59.4 Å². The number of aryl methyl sites for hydroxylation is 2. The lowest BCUT2D eigenvalue weighted by Crippen LogP contribution is -2.22. The van der Waals surface area contributed by atoms with Gasteiger partial charge in [-0.2, -0.15) is 0 Å². The van der Waals surface area contributed by atoms with Gasteiger partial charge in [0.15, 0.2) is 5.82 Å². The lowest BCUT2D eigenvalue weighted by atomic mass is 10.1. The molecule has 4 aromatic rings. The van der Waals surface area contributed by atoms with Crippen molar-refractivity contribution in [2.45, 2.75) is 71.8 Å². The van der Waals surface area contributed by atoms with Crippen molar-refractivity contribution >= 4 is 8.07 Å². The number of hydrogen-bond acceptors (Lipinski definition) is 6. The molecule has 2 aliphatic heterocycles. The average molecular weight is 514 g/mol. The molecule has 9 heteroatoms. The van der Waals surface area contributed by atoms with Crippen molar-refractivity contribution in [2.75, 3.05) is 6.61 Å². The molecule has 0 atom stereocenters. The first-order valence-corrected chi connectivity index (χ1v) is 16.9. The second kappa shape index (κ2) is 9.63. The highest BCUT2D eigenvalue weighted by Gasteiger charge is 2.26. The Kier molecular flexibility index (Phi) is 6.30. The molecule has 1 N–H and O–H groups in total. The van der Waals surface area contributed by atoms with E-state index in [1.807, 2.05) is 19.2 Å². The van der Waals surface area contributed by atoms with Gasteiger partial charge in [-0.1, -0.05) is 25.7 Å². The van der Waals surface area contributed by atoms with E-state index in [1.54, 1.807) is 0 Å². The number of ether oxygens (including phenoxy) is 1. The number of imidazole rings is 2. The van der Waals surface area contributed by atoms with Crippen LogP contribution in [-0.4, -0.2) is 43.8 Å². The summed E-state index contributed by atoms with van der Waals surface area (Å²) in [4.78, 5) is 19.6. The predicted molar refractivity (Wildman–Crippen MR) is 148 cm³/mol. The first kappa shape index (κ1) is 24.2. The van der Waals surface area contributed by atoms with E-state index < -0.39 is 8.07 Å². The van der Waals surface area contributed by atoms with E-state index in [2.05, 4.69) is 58.4 Å². The highest BCUT2D eigenvalue weighted by Crippen LogP contribution is 2.36. The molecule has 8 nitrogen and oxygen atoms in total. The highest BCUT2D eigenvalue weighted by atomic mass is 28.3. The van der Waals surface area contributed by atoms with Crippen LogP contribution in [0.3, 0.4) is 0 Å². The Morgan fingerprint density at radius 1 is 1.05 bits per heavy atom. The van der Waals surface area contributed by atoms with Gasteiger partial charge in [0.25, 0.3) is 0 Å². The fraction of sp³-hybridized carbons (Fsp3) is 0.429. The van der Waals surface area contributed by atoms with Gasteiger partial charge >= 0.3 is 0 Å². The van der Waals surface area contributed by atoms with Crippen molar-refractivity contribution in [3.8, 4) is 34.2 Å². The third-order valence-electron chi connectivity index (χ3n) is 7.18. The summed E-state index contributed by atoms with van der Waals surface area (Å²) in [6.07, 6.45) is 4.00. The molecule has 0 spiro atoms. The summed E-state index contributed by atoms with van der Waals surface area (Å²) in [7, 11) is -1.15. The summed E-state index contributed by atoms with van der Waals surface area (Å²) in [6, 6.07) is 11.5. The predicted octanol–water partition coefficient (Wildman–Crippen LogP) is 5.04. The summed E-state index contributed by atoms with van der Waals surface area (Å²) in [5.74, 6) is 2.01. The van der Waals surface area contributed by atoms with Gasteiger partial charge in [-0.15, -0.1) is 0 Å². The van der Waals surface area contributed by atoms with E-state index in [0.29, 0.717) is 6.73 Å². The Labute approximate surface area is 219 Å². The van der Waals surface area contributed by atoms with Crippen LogP contribution in [0.5, 0.6) is 0 Å². The maximum absolute atomic E-state index is 6.17. The molecule has 37 heavy (non-hydrogen) atoms. The molecule has 0 saturated carbocycles. The second-order valence-corrected chi connectivity index (χ2v) is 16.9. The monoisotopic (exact) mass is 513 g/mol. The first-order valence-electron chi connectivity index (χ1n) is 13.2. The second-order valence-electron chi connectivity index (χ2n) is 11.3. The van der Waals surface area contributed by atoms with E-state index in [0.717, 1.165) is 96.5 Å². The fourth-order valence-electron chi connectivity index (χ4n) is 5.22. The van der Waals surface area contributed by atoms with Gasteiger partial charge in [0.05, 0.1) is 22.8 Å². The average Bonchev–Trinajstić information content (AvgIpc) is 3.62. The molecule has 0 amide bonds. The van der Waals surface area contributed by atoms with Gasteiger partial charge in [0, 0.05) is 58.2 Å². The van der Waals surface area contributed by atoms with Crippen LogP contribution in [-0.2, 0) is 37.5 Å². The van der Waals surface area contributed by atoms with Crippen molar-refractivity contribution in [1.82, 2.24) is 34.4 Å². The molecule has 0 aromatic carbocycles. The molecule has 0 radical (unpaired) electrons. The number of pyridine rings is 2. The van der Waals surface area contributed by atoms with Crippen molar-refractivity contribution in [2.24, 2.45) is 0 Å². The molecular weight excluding hydrogens is 478 g/mol. The molecule has 6 heterocycles. The van der Waals surface area contributed by atoms with Crippen LogP contribution in [0.25, 0.3) is 34.2 Å². The van der Waals surface area contributed by atoms with E-state index in [-0.39, 0.29) is 0 Å². The SMILES string of the molecule is Cc1cccc(-c2nc3n(c2-c2ccnc(-c4nc5c(n4COCC[Si](C)(C)C)CNC5)c2)CCC3)n1. The molecular formula is C28H35N7OSi. The topological polar surface area (TPSA) is 82.7 Å². The Bertz CT molecular complexity index is 1450. The van der Waals surface area contributed by atoms with E-state index in [9.17, 15) is 0 Å². The van der Waals surface area contributed by atoms with Gasteiger partial charge in [-0.05, 0) is 43.7 Å². The van der Waals surface area contributed by atoms with Crippen molar-refractivity contribution in [3.63, 3.8) is 0 Å². The Balaban J connectivity index is 1.38. The zero-order valence-corrected chi connectivity index (χ0v) is 23.2. The highest BCUT2D eigenvalue weighted by molar-refractivity contribution is 6.76. The quantitative estimate of drug-likeness (QED) is 0.263. The molecule has 0 unspecified atom stereocenters. The maximum Gasteiger partial charge on any atom is 0.161 e. The molecule has 0 saturated heterocycles. The van der Waals surface area contributed by atoms with Crippen LogP contribution >= 0.6 is 0 Å². The molecule has 192 valence electrons. The number of nitrogens with zero attached hydrogens (tertiary/aromatic N) is 6. The summed E-state index contributed by atoms with van der Waals surface area (Å²) >= 11 is 0. The number of nitrogens with one attached hydrogen (secondary N) is 1. The molecule has 0 aliphatic carbocycles. The molecule has 4 aromatic heterocycles. The third kappa shape index (κ3) is 4.79. The van der Waals surface area contributed by atoms with Gasteiger partial charge in [0.2, 0.25) is 0 Å². The van der Waals surface area contributed by atoms with Crippen LogP contribution in [0.15, 0.2) is 36.5 Å². The standard InChI is InChI=1S/C28H35N7OSi/c1-19-7-5-8-21(31-19)26-27(34-12-6-9-25(34)33-26)20-10-11-30-22(15-20)28-32-23-16-29-17-24(23)35(28)18-36-13-14-37(2,3)4/h5,7-8,10-11,15,29H,6,9,12-14,16-18H2,1-4H3. The van der Waals surface area contributed by atoms with Gasteiger partial charge in [-0.3, -0.25) is 9.97 Å². The molecule has 6 rings (SSSR count). The minimum absolute atomic E-state index is 0.496. The van der Waals surface area contributed by atoms with Crippen LogP contribution in [0.1, 0.15) is 29.3 Å². The lowest BCUT2D eigenvalue weighted by molar-refractivity contribution is 0.0864. The van der Waals surface area contributed by atoms with Gasteiger partial charge in [-0.25, -0.2) is 9.97 Å². The Hall–Kier alpha value is -3.14. The lowest BCUT2D eigenvalue weighted by Gasteiger charge is -2.17. The molecule has 0 bridgehead atoms. The van der Waals surface area contributed by atoms with Crippen LogP contribution in [0.2, 0.25) is 25.7 Å². The van der Waals surface area contributed by atoms with Crippen LogP contribution < -0.4 is 5.32 Å². The summed E-state index contributed by atoms with van der Waals surface area (Å²) in [6.45, 7) is 13.0. The normalized spacial score (nSPS) is 14.8. The Morgan fingerprint density at radius 3 is 2.78 bits per heavy atom. The van der Waals surface area contributed by atoms with E-state index in [4.69, 9.17) is 24.7 Å². The molecule has 2 aliphatic rings. The zero-order valence-electron chi connectivity index (χ0n) is 22.2. The number of aromatic nitrogens is 6. The fourth-order valence-corrected chi connectivity index (χ4v) is 5.97. The number of fused-ring (bicyclic) bond motifs is 2. The van der Waals surface area contributed by atoms with Crippen molar-refractivity contribution in [1.29, 1.82) is 0 Å². The summed E-state index contributed by atoms with van der Waals surface area (Å²) < 4.78 is 10.7. The largest absolute Gasteiger partial charge is 0.361 e. The zero-order chi connectivity index (χ0) is 25.6. The summed E-state index contributed by atoms with van der Waals surface area (Å²) in [5.41, 5.74) is 8.21. The molecule has 0 fully saturated rings. The van der Waals surface area contributed by atoms with Crippen molar-refractivity contribution < 1.29 is 4.74 Å². The van der Waals surface area contributed by atoms with E-state index in [1.165, 1.54) is 5.69 Å². The number of rotatable bonds is 8. The maximum atomic E-state index is 6.17. The van der Waals surface area contributed by atoms with Crippen LogP contribution in [0, 0.1) is 6.92 Å².